The molecule has 5 N–H and O–H groups in total. The first-order chi connectivity index (χ1) is 13.7. The number of hydrogen-bond acceptors (Lipinski definition) is 9. The third kappa shape index (κ3) is 3.89. The second-order valence-corrected chi connectivity index (χ2v) is 7.39. The molecule has 1 fully saturated rings. The van der Waals surface area contributed by atoms with Crippen LogP contribution in [0.25, 0.3) is 11.0 Å². The fourth-order valence-corrected chi connectivity index (χ4v) is 3.73. The smallest absolute Gasteiger partial charge is 0.193 e. The molecule has 9 nitrogen and oxygen atoms in total. The van der Waals surface area contributed by atoms with Gasteiger partial charge in [0.05, 0.1) is 30.8 Å². The summed E-state index contributed by atoms with van der Waals surface area (Å²) in [5.41, 5.74) is 0.499. The number of methoxy groups -OCH3 is 1. The average molecular weight is 410 g/mol. The van der Waals surface area contributed by atoms with Crippen molar-refractivity contribution in [2.45, 2.75) is 56.9 Å². The lowest BCUT2D eigenvalue weighted by atomic mass is 9.89. The van der Waals surface area contributed by atoms with E-state index in [1.807, 2.05) is 0 Å². The molecule has 0 amide bonds. The molecule has 0 spiro atoms. The molecule has 1 aliphatic heterocycles. The Labute approximate surface area is 166 Å². The van der Waals surface area contributed by atoms with E-state index < -0.39 is 43.2 Å². The normalized spacial score (nSPS) is 28.5. The van der Waals surface area contributed by atoms with Gasteiger partial charge in [0, 0.05) is 12.5 Å². The molecule has 1 saturated heterocycles. The number of fused-ring (bicyclic) bond motifs is 1. The SMILES string of the molecule is COc1cc(C)c2c(=O)cc(C[C@H](C)O)oc2c1[C@@H]1O[C@H](CO)[C@@H](O)[C@H](O)[C@H]1O. The Morgan fingerprint density at radius 1 is 1.17 bits per heavy atom. The maximum absolute atomic E-state index is 12.7. The van der Waals surface area contributed by atoms with Crippen LogP contribution in [0.2, 0.25) is 0 Å². The van der Waals surface area contributed by atoms with E-state index in [1.165, 1.54) is 13.2 Å². The molecule has 9 heteroatoms. The van der Waals surface area contributed by atoms with Crippen LogP contribution in [-0.2, 0) is 11.2 Å². The van der Waals surface area contributed by atoms with Gasteiger partial charge in [-0.15, -0.1) is 0 Å². The van der Waals surface area contributed by atoms with Crippen LogP contribution in [0.3, 0.4) is 0 Å². The minimum atomic E-state index is -1.60. The number of aliphatic hydroxyl groups excluding tert-OH is 5. The molecule has 0 aliphatic carbocycles. The van der Waals surface area contributed by atoms with Crippen molar-refractivity contribution in [1.82, 2.24) is 0 Å². The Kier molecular flexibility index (Phi) is 6.27. The summed E-state index contributed by atoms with van der Waals surface area (Å²) in [6, 6.07) is 2.88. The number of aliphatic hydroxyl groups is 5. The van der Waals surface area contributed by atoms with Crippen LogP contribution in [-0.4, -0.2) is 69.8 Å². The summed E-state index contributed by atoms with van der Waals surface area (Å²) in [7, 11) is 1.39. The fraction of sp³-hybridized carbons (Fsp3) is 0.550. The van der Waals surface area contributed by atoms with Gasteiger partial charge in [-0.3, -0.25) is 4.79 Å². The first kappa shape index (κ1) is 21.7. The summed E-state index contributed by atoms with van der Waals surface area (Å²) in [5, 5.41) is 50.2. The van der Waals surface area contributed by atoms with Gasteiger partial charge < -0.3 is 39.4 Å². The van der Waals surface area contributed by atoms with Crippen LogP contribution in [0, 0.1) is 6.92 Å². The molecule has 0 radical (unpaired) electrons. The Bertz CT molecular complexity index is 934. The molecule has 0 bridgehead atoms. The number of rotatable bonds is 5. The van der Waals surface area contributed by atoms with Crippen molar-refractivity contribution in [3.8, 4) is 5.75 Å². The maximum Gasteiger partial charge on any atom is 0.193 e. The molecule has 2 heterocycles. The summed E-state index contributed by atoms with van der Waals surface area (Å²) in [6.45, 7) is 2.66. The van der Waals surface area contributed by atoms with E-state index >= 15 is 0 Å². The van der Waals surface area contributed by atoms with Gasteiger partial charge in [0.25, 0.3) is 0 Å². The van der Waals surface area contributed by atoms with Crippen LogP contribution in [0.1, 0.15) is 29.9 Å². The topological polar surface area (TPSA) is 150 Å². The Balaban J connectivity index is 2.28. The first-order valence-electron chi connectivity index (χ1n) is 9.32. The van der Waals surface area contributed by atoms with Gasteiger partial charge in [-0.05, 0) is 25.5 Å². The lowest BCUT2D eigenvalue weighted by molar-refractivity contribution is -0.231. The predicted molar refractivity (Wildman–Crippen MR) is 102 cm³/mol. The van der Waals surface area contributed by atoms with E-state index in [9.17, 15) is 30.3 Å². The van der Waals surface area contributed by atoms with Crippen LogP contribution in [0.4, 0.5) is 0 Å². The quantitative estimate of drug-likeness (QED) is 0.441. The molecule has 29 heavy (non-hydrogen) atoms. The molecule has 0 saturated carbocycles. The van der Waals surface area contributed by atoms with Gasteiger partial charge >= 0.3 is 0 Å². The number of hydrogen-bond donors (Lipinski definition) is 5. The summed E-state index contributed by atoms with van der Waals surface area (Å²) < 4.78 is 17.0. The Hall–Kier alpha value is -2.01. The van der Waals surface area contributed by atoms with Crippen LogP contribution in [0.5, 0.6) is 5.75 Å². The van der Waals surface area contributed by atoms with Gasteiger partial charge in [0.1, 0.15) is 47.6 Å². The lowest BCUT2D eigenvalue weighted by Crippen LogP contribution is -2.55. The maximum atomic E-state index is 12.7. The molecular weight excluding hydrogens is 384 g/mol. The van der Waals surface area contributed by atoms with Crippen molar-refractivity contribution in [3.05, 3.63) is 39.2 Å². The largest absolute Gasteiger partial charge is 0.496 e. The van der Waals surface area contributed by atoms with E-state index in [0.717, 1.165) is 0 Å². The standard InChI is InChI=1S/C20H26O9/c1-8-4-12(27-3)15(20-18(26)17(25)16(24)13(7-21)29-20)19-14(8)11(23)6-10(28-19)5-9(2)22/h4,6,9,13,16-18,20-22,24-26H,5,7H2,1-3H3/t9-,13+,16+,17-,18+,20-/m0/s1. The van der Waals surface area contributed by atoms with Gasteiger partial charge in [0.2, 0.25) is 0 Å². The minimum Gasteiger partial charge on any atom is -0.496 e. The second-order valence-electron chi connectivity index (χ2n) is 7.39. The highest BCUT2D eigenvalue weighted by Crippen LogP contribution is 2.41. The van der Waals surface area contributed by atoms with Crippen molar-refractivity contribution >= 4 is 11.0 Å². The zero-order chi connectivity index (χ0) is 21.5. The van der Waals surface area contributed by atoms with Gasteiger partial charge in [0.15, 0.2) is 5.43 Å². The summed E-state index contributed by atoms with van der Waals surface area (Å²) in [6.07, 6.45) is -7.72. The fourth-order valence-electron chi connectivity index (χ4n) is 3.73. The Morgan fingerprint density at radius 2 is 1.86 bits per heavy atom. The average Bonchev–Trinajstić information content (AvgIpc) is 2.66. The highest BCUT2D eigenvalue weighted by Gasteiger charge is 2.46. The van der Waals surface area contributed by atoms with Gasteiger partial charge in [-0.2, -0.15) is 0 Å². The third-order valence-corrected chi connectivity index (χ3v) is 5.14. The molecule has 3 rings (SSSR count). The van der Waals surface area contributed by atoms with E-state index in [1.54, 1.807) is 19.9 Å². The highest BCUT2D eigenvalue weighted by atomic mass is 16.5. The molecule has 1 aromatic heterocycles. The van der Waals surface area contributed by atoms with Gasteiger partial charge in [-0.25, -0.2) is 0 Å². The zero-order valence-electron chi connectivity index (χ0n) is 16.4. The second kappa shape index (κ2) is 8.39. The zero-order valence-corrected chi connectivity index (χ0v) is 16.4. The number of aryl methyl sites for hydroxylation is 1. The van der Waals surface area contributed by atoms with Crippen molar-refractivity contribution in [2.75, 3.05) is 13.7 Å². The number of ether oxygens (including phenoxy) is 2. The summed E-state index contributed by atoms with van der Waals surface area (Å²) in [4.78, 5) is 12.7. The van der Waals surface area contributed by atoms with E-state index in [0.29, 0.717) is 5.56 Å². The third-order valence-electron chi connectivity index (χ3n) is 5.14. The van der Waals surface area contributed by atoms with E-state index in [2.05, 4.69) is 0 Å². The molecule has 1 aliphatic rings. The Morgan fingerprint density at radius 3 is 2.45 bits per heavy atom. The molecule has 0 unspecified atom stereocenters. The summed E-state index contributed by atoms with van der Waals surface area (Å²) in [5.74, 6) is 0.479. The van der Waals surface area contributed by atoms with Gasteiger partial charge in [-0.1, -0.05) is 0 Å². The number of benzene rings is 1. The highest BCUT2D eigenvalue weighted by molar-refractivity contribution is 5.86. The van der Waals surface area contributed by atoms with Crippen molar-refractivity contribution in [2.24, 2.45) is 0 Å². The van der Waals surface area contributed by atoms with E-state index in [-0.39, 0.29) is 39.9 Å². The molecule has 160 valence electrons. The minimum absolute atomic E-state index is 0.0920. The van der Waals surface area contributed by atoms with E-state index in [4.69, 9.17) is 13.9 Å². The predicted octanol–water partition coefficient (Wildman–Crippen LogP) is -0.452. The monoisotopic (exact) mass is 410 g/mol. The summed E-state index contributed by atoms with van der Waals surface area (Å²) >= 11 is 0. The van der Waals surface area contributed by atoms with Crippen LogP contribution < -0.4 is 10.2 Å². The first-order valence-corrected chi connectivity index (χ1v) is 9.32. The molecule has 6 atom stereocenters. The van der Waals surface area contributed by atoms with Crippen molar-refractivity contribution in [3.63, 3.8) is 0 Å². The van der Waals surface area contributed by atoms with Crippen LogP contribution in [0.15, 0.2) is 21.3 Å². The molecule has 1 aromatic carbocycles. The molecule has 2 aromatic rings. The molecular formula is C20H26O9. The van der Waals surface area contributed by atoms with Crippen molar-refractivity contribution in [1.29, 1.82) is 0 Å². The van der Waals surface area contributed by atoms with Crippen LogP contribution >= 0.6 is 0 Å². The lowest BCUT2D eigenvalue weighted by Gasteiger charge is -2.40. The van der Waals surface area contributed by atoms with Crippen molar-refractivity contribution < 1.29 is 39.4 Å².